The second-order valence-electron chi connectivity index (χ2n) is 8.12. The first-order valence-electron chi connectivity index (χ1n) is 10.9. The number of carbonyl (C=O) groups is 1. The molecule has 176 valence electrons. The molecule has 0 aliphatic rings. The molecule has 6 nitrogen and oxygen atoms in total. The van der Waals surface area contributed by atoms with E-state index in [4.69, 9.17) is 20.6 Å². The molecule has 0 fully saturated rings. The van der Waals surface area contributed by atoms with Crippen molar-refractivity contribution in [2.45, 2.75) is 59.0 Å². The lowest BCUT2D eigenvalue weighted by Crippen LogP contribution is -2.42. The SMILES string of the molecule is CC(C)N(C(=O)c1ccc(OCCCCCOc2ccc(C(=N)N)cc2)cc1)C(C)C.Cl. The van der Waals surface area contributed by atoms with Crippen molar-refractivity contribution in [3.63, 3.8) is 0 Å². The van der Waals surface area contributed by atoms with Crippen LogP contribution >= 0.6 is 12.4 Å². The van der Waals surface area contributed by atoms with E-state index in [-0.39, 0.29) is 36.2 Å². The monoisotopic (exact) mass is 461 g/mol. The van der Waals surface area contributed by atoms with Gasteiger partial charge in [0.25, 0.3) is 5.91 Å². The molecule has 0 radical (unpaired) electrons. The molecule has 0 bridgehead atoms. The van der Waals surface area contributed by atoms with Gasteiger partial charge in [-0.3, -0.25) is 10.2 Å². The molecule has 3 N–H and O–H groups in total. The van der Waals surface area contributed by atoms with Gasteiger partial charge in [0.2, 0.25) is 0 Å². The number of amidine groups is 1. The van der Waals surface area contributed by atoms with Crippen molar-refractivity contribution in [2.75, 3.05) is 13.2 Å². The number of rotatable bonds is 12. The summed E-state index contributed by atoms with van der Waals surface area (Å²) in [5.41, 5.74) is 6.82. The van der Waals surface area contributed by atoms with Gasteiger partial charge in [-0.15, -0.1) is 12.4 Å². The molecule has 2 rings (SSSR count). The van der Waals surface area contributed by atoms with E-state index in [1.165, 1.54) is 0 Å². The van der Waals surface area contributed by atoms with Crippen LogP contribution in [0.3, 0.4) is 0 Å². The quantitative estimate of drug-likeness (QED) is 0.255. The smallest absolute Gasteiger partial charge is 0.254 e. The molecule has 0 heterocycles. The number of nitrogens with zero attached hydrogens (tertiary/aromatic N) is 1. The fraction of sp³-hybridized carbons (Fsp3) is 0.440. The lowest BCUT2D eigenvalue weighted by atomic mass is 10.1. The van der Waals surface area contributed by atoms with Gasteiger partial charge in [0.1, 0.15) is 17.3 Å². The second-order valence-corrected chi connectivity index (χ2v) is 8.12. The summed E-state index contributed by atoms with van der Waals surface area (Å²) in [6, 6.07) is 14.9. The Balaban J connectivity index is 0.00000512. The van der Waals surface area contributed by atoms with E-state index >= 15 is 0 Å². The van der Waals surface area contributed by atoms with Crippen LogP contribution in [-0.2, 0) is 0 Å². The van der Waals surface area contributed by atoms with Gasteiger partial charge in [-0.25, -0.2) is 0 Å². The first-order valence-corrected chi connectivity index (χ1v) is 10.9. The number of nitrogens with one attached hydrogen (secondary N) is 1. The van der Waals surface area contributed by atoms with Crippen LogP contribution in [0, 0.1) is 5.41 Å². The Morgan fingerprint density at radius 3 is 1.59 bits per heavy atom. The van der Waals surface area contributed by atoms with Crippen molar-refractivity contribution in [1.29, 1.82) is 5.41 Å². The first kappa shape index (κ1) is 27.3. The lowest BCUT2D eigenvalue weighted by molar-refractivity contribution is 0.0643. The summed E-state index contributed by atoms with van der Waals surface area (Å²) in [6.07, 6.45) is 2.87. The zero-order valence-corrected chi connectivity index (χ0v) is 20.3. The summed E-state index contributed by atoms with van der Waals surface area (Å²) in [6.45, 7) is 9.40. The number of hydrogen-bond acceptors (Lipinski definition) is 4. The summed E-state index contributed by atoms with van der Waals surface area (Å²) in [5.74, 6) is 1.66. The van der Waals surface area contributed by atoms with Crippen LogP contribution < -0.4 is 15.2 Å². The molecule has 2 aromatic carbocycles. The van der Waals surface area contributed by atoms with Crippen molar-refractivity contribution in [1.82, 2.24) is 4.90 Å². The summed E-state index contributed by atoms with van der Waals surface area (Å²) < 4.78 is 11.5. The average Bonchev–Trinajstić information content (AvgIpc) is 2.73. The number of nitrogen functional groups attached to an aromatic ring is 1. The summed E-state index contributed by atoms with van der Waals surface area (Å²) in [7, 11) is 0. The molecule has 0 unspecified atom stereocenters. The van der Waals surface area contributed by atoms with Gasteiger partial charge >= 0.3 is 0 Å². The van der Waals surface area contributed by atoms with E-state index in [0.717, 1.165) is 30.8 Å². The normalized spacial score (nSPS) is 10.6. The van der Waals surface area contributed by atoms with Crippen molar-refractivity contribution < 1.29 is 14.3 Å². The van der Waals surface area contributed by atoms with Crippen LogP contribution in [0.1, 0.15) is 62.9 Å². The highest BCUT2D eigenvalue weighted by Crippen LogP contribution is 2.17. The zero-order chi connectivity index (χ0) is 22.8. The summed E-state index contributed by atoms with van der Waals surface area (Å²) in [5, 5.41) is 7.39. The maximum Gasteiger partial charge on any atom is 0.254 e. The fourth-order valence-corrected chi connectivity index (χ4v) is 3.40. The molecule has 7 heteroatoms. The maximum absolute atomic E-state index is 12.7. The van der Waals surface area contributed by atoms with Gasteiger partial charge in [0, 0.05) is 23.2 Å². The Morgan fingerprint density at radius 1 is 0.812 bits per heavy atom. The number of benzene rings is 2. The summed E-state index contributed by atoms with van der Waals surface area (Å²) in [4.78, 5) is 14.6. The van der Waals surface area contributed by atoms with Gasteiger partial charge in [0.15, 0.2) is 0 Å². The van der Waals surface area contributed by atoms with Crippen molar-refractivity contribution in [2.24, 2.45) is 5.73 Å². The molecule has 0 atom stereocenters. The Labute approximate surface area is 198 Å². The van der Waals surface area contributed by atoms with E-state index in [0.29, 0.717) is 24.3 Å². The number of nitrogens with two attached hydrogens (primary N) is 1. The minimum atomic E-state index is 0. The molecule has 0 aliphatic heterocycles. The largest absolute Gasteiger partial charge is 0.494 e. The lowest BCUT2D eigenvalue weighted by Gasteiger charge is -2.30. The van der Waals surface area contributed by atoms with Gasteiger partial charge in [-0.2, -0.15) is 0 Å². The predicted molar refractivity (Wildman–Crippen MR) is 132 cm³/mol. The van der Waals surface area contributed by atoms with Gasteiger partial charge in [0.05, 0.1) is 13.2 Å². The van der Waals surface area contributed by atoms with Crippen LogP contribution in [0.2, 0.25) is 0 Å². The Kier molecular flexibility index (Phi) is 11.6. The van der Waals surface area contributed by atoms with E-state index in [1.54, 1.807) is 12.1 Å². The van der Waals surface area contributed by atoms with Gasteiger partial charge in [-0.1, -0.05) is 0 Å². The second kappa shape index (κ2) is 13.6. The minimum Gasteiger partial charge on any atom is -0.494 e. The van der Waals surface area contributed by atoms with Gasteiger partial charge in [-0.05, 0) is 95.5 Å². The molecule has 0 aromatic heterocycles. The molecule has 0 saturated carbocycles. The van der Waals surface area contributed by atoms with Crippen molar-refractivity contribution in [3.05, 3.63) is 59.7 Å². The molecule has 0 spiro atoms. The topological polar surface area (TPSA) is 88.6 Å². The van der Waals surface area contributed by atoms with Crippen molar-refractivity contribution >= 4 is 24.1 Å². The maximum atomic E-state index is 12.7. The molecule has 2 aromatic rings. The molecule has 1 amide bonds. The molecular formula is C25H36ClN3O3. The van der Waals surface area contributed by atoms with Gasteiger partial charge < -0.3 is 20.1 Å². The first-order chi connectivity index (χ1) is 14.8. The van der Waals surface area contributed by atoms with E-state index in [1.807, 2.05) is 69.0 Å². The predicted octanol–water partition coefficient (Wildman–Crippen LogP) is 5.28. The number of amides is 1. The van der Waals surface area contributed by atoms with Crippen LogP contribution in [0.4, 0.5) is 0 Å². The average molecular weight is 462 g/mol. The Morgan fingerprint density at radius 2 is 1.22 bits per heavy atom. The molecular weight excluding hydrogens is 426 g/mol. The third kappa shape index (κ3) is 8.42. The van der Waals surface area contributed by atoms with Crippen LogP contribution in [0.25, 0.3) is 0 Å². The summed E-state index contributed by atoms with van der Waals surface area (Å²) >= 11 is 0. The van der Waals surface area contributed by atoms with Crippen molar-refractivity contribution in [3.8, 4) is 11.5 Å². The Bertz CT molecular complexity index is 829. The molecule has 0 saturated heterocycles. The van der Waals surface area contributed by atoms with E-state index < -0.39 is 0 Å². The zero-order valence-electron chi connectivity index (χ0n) is 19.5. The minimum absolute atomic E-state index is 0. The standard InChI is InChI=1S/C25H35N3O3.ClH/c1-18(2)28(19(3)4)25(29)21-10-14-23(15-11-21)31-17-7-5-6-16-30-22-12-8-20(9-13-22)24(26)27;/h8-15,18-19H,5-7,16-17H2,1-4H3,(H3,26,27);1H. The number of halogens is 1. The van der Waals surface area contributed by atoms with Crippen LogP contribution in [0.15, 0.2) is 48.5 Å². The van der Waals surface area contributed by atoms with E-state index in [9.17, 15) is 4.79 Å². The highest BCUT2D eigenvalue weighted by Gasteiger charge is 2.21. The Hall–Kier alpha value is -2.73. The number of ether oxygens (including phenoxy) is 2. The van der Waals surface area contributed by atoms with E-state index in [2.05, 4.69) is 0 Å². The number of hydrogen-bond donors (Lipinski definition) is 2. The highest BCUT2D eigenvalue weighted by atomic mass is 35.5. The third-order valence-electron chi connectivity index (χ3n) is 4.94. The van der Waals surface area contributed by atoms with Crippen LogP contribution in [-0.4, -0.2) is 41.9 Å². The third-order valence-corrected chi connectivity index (χ3v) is 4.94. The number of carbonyl (C=O) groups excluding carboxylic acids is 1. The highest BCUT2D eigenvalue weighted by molar-refractivity contribution is 5.95. The molecule has 32 heavy (non-hydrogen) atoms. The molecule has 0 aliphatic carbocycles. The fourth-order valence-electron chi connectivity index (χ4n) is 3.40. The number of unbranched alkanes of at least 4 members (excludes halogenated alkanes) is 2. The van der Waals surface area contributed by atoms with Crippen LogP contribution in [0.5, 0.6) is 11.5 Å².